The van der Waals surface area contributed by atoms with Gasteiger partial charge in [-0.1, -0.05) is 66.5 Å². The van der Waals surface area contributed by atoms with Gasteiger partial charge in [-0.25, -0.2) is 0 Å². The van der Waals surface area contributed by atoms with Crippen LogP contribution in [0.25, 0.3) is 0 Å². The maximum Gasteiger partial charge on any atom is 0.138 e. The molecule has 0 heterocycles. The summed E-state index contributed by atoms with van der Waals surface area (Å²) in [5.74, 6) is 4.79. The van der Waals surface area contributed by atoms with Crippen molar-refractivity contribution >= 4 is 5.69 Å². The lowest BCUT2D eigenvalue weighted by Crippen LogP contribution is -2.55. The zero-order valence-corrected chi connectivity index (χ0v) is 19.1. The number of para-hydroxylation sites is 2. The summed E-state index contributed by atoms with van der Waals surface area (Å²) >= 11 is 0. The number of aromatic hydroxyl groups is 1. The van der Waals surface area contributed by atoms with Crippen molar-refractivity contribution < 1.29 is 5.11 Å². The summed E-state index contributed by atoms with van der Waals surface area (Å²) in [6.45, 7) is 14.5. The van der Waals surface area contributed by atoms with Gasteiger partial charge in [0.15, 0.2) is 0 Å². The fourth-order valence-electron chi connectivity index (χ4n) is 6.23. The number of benzene rings is 1. The number of hydrogen-bond donors (Lipinski definition) is 1. The van der Waals surface area contributed by atoms with Gasteiger partial charge in [0.1, 0.15) is 5.75 Å². The molecule has 2 aliphatic carbocycles. The van der Waals surface area contributed by atoms with E-state index in [1.54, 1.807) is 0 Å². The van der Waals surface area contributed by atoms with Crippen molar-refractivity contribution in [3.05, 3.63) is 24.3 Å². The molecular formula is C26H43NO. The summed E-state index contributed by atoms with van der Waals surface area (Å²) < 4.78 is 0. The van der Waals surface area contributed by atoms with Crippen LogP contribution in [0.5, 0.6) is 5.75 Å². The highest BCUT2D eigenvalue weighted by molar-refractivity contribution is 5.59. The summed E-state index contributed by atoms with van der Waals surface area (Å²) in [5.41, 5.74) is 1.08. The lowest BCUT2D eigenvalue weighted by molar-refractivity contribution is 0.135. The van der Waals surface area contributed by atoms with Crippen LogP contribution in [0.4, 0.5) is 5.69 Å². The first-order valence-electron chi connectivity index (χ1n) is 11.9. The maximum atomic E-state index is 10.9. The Morgan fingerprint density at radius 3 is 1.68 bits per heavy atom. The average Bonchev–Trinajstić information content (AvgIpc) is 2.63. The number of hydrogen-bond acceptors (Lipinski definition) is 2. The van der Waals surface area contributed by atoms with Crippen molar-refractivity contribution in [1.29, 1.82) is 0 Å². The third-order valence-electron chi connectivity index (χ3n) is 7.85. The number of phenolic OH excluding ortho intramolecular Hbond substituents is 1. The molecule has 1 aromatic rings. The van der Waals surface area contributed by atoms with Gasteiger partial charge in [0, 0.05) is 12.1 Å². The van der Waals surface area contributed by atoms with E-state index in [9.17, 15) is 5.11 Å². The Morgan fingerprint density at radius 1 is 0.786 bits per heavy atom. The standard InChI is InChI=1S/C26H43NO/c1-17(2)21-13-11-19(5)15-24(21)27(23-9-7-8-10-26(23)28)25-16-20(6)12-14-22(25)18(3)4/h7-10,17-22,24-25,28H,11-16H2,1-6H3. The SMILES string of the molecule is CC1CCC(C(C)C)C(N(c2ccccc2O)C2CC(C)CCC2C(C)C)C1. The summed E-state index contributed by atoms with van der Waals surface area (Å²) in [4.78, 5) is 2.73. The van der Waals surface area contributed by atoms with E-state index < -0.39 is 0 Å². The molecular weight excluding hydrogens is 342 g/mol. The second-order valence-corrected chi connectivity index (χ2v) is 10.7. The molecule has 0 saturated heterocycles. The van der Waals surface area contributed by atoms with Gasteiger partial charge in [-0.05, 0) is 73.3 Å². The van der Waals surface area contributed by atoms with E-state index in [-0.39, 0.29) is 0 Å². The van der Waals surface area contributed by atoms with Crippen LogP contribution in [0.2, 0.25) is 0 Å². The third-order valence-corrected chi connectivity index (χ3v) is 7.85. The van der Waals surface area contributed by atoms with Gasteiger partial charge in [-0.3, -0.25) is 0 Å². The Morgan fingerprint density at radius 2 is 1.25 bits per heavy atom. The molecule has 0 spiro atoms. The maximum absolute atomic E-state index is 10.9. The summed E-state index contributed by atoms with van der Waals surface area (Å²) in [6.07, 6.45) is 7.86. The fourth-order valence-corrected chi connectivity index (χ4v) is 6.23. The molecule has 6 atom stereocenters. The largest absolute Gasteiger partial charge is 0.506 e. The Hall–Kier alpha value is -1.18. The third kappa shape index (κ3) is 4.52. The normalized spacial score (nSPS) is 34.0. The molecule has 0 aliphatic heterocycles. The van der Waals surface area contributed by atoms with Crippen molar-refractivity contribution in [2.24, 2.45) is 35.5 Å². The molecule has 158 valence electrons. The molecule has 2 nitrogen and oxygen atoms in total. The molecule has 0 aromatic heterocycles. The number of phenols is 1. The number of rotatable bonds is 5. The molecule has 2 heteroatoms. The minimum atomic E-state index is 0.462. The molecule has 0 radical (unpaired) electrons. The van der Waals surface area contributed by atoms with Gasteiger partial charge in [0.2, 0.25) is 0 Å². The van der Waals surface area contributed by atoms with Crippen molar-refractivity contribution in [3.8, 4) is 5.75 Å². The predicted octanol–water partition coefficient (Wildman–Crippen LogP) is 7.12. The van der Waals surface area contributed by atoms with Crippen molar-refractivity contribution in [1.82, 2.24) is 0 Å². The van der Waals surface area contributed by atoms with Crippen LogP contribution in [0, 0.1) is 35.5 Å². The van der Waals surface area contributed by atoms with E-state index in [4.69, 9.17) is 0 Å². The second kappa shape index (κ2) is 9.09. The summed E-state index contributed by atoms with van der Waals surface area (Å²) in [7, 11) is 0. The van der Waals surface area contributed by atoms with E-state index >= 15 is 0 Å². The fraction of sp³-hybridized carbons (Fsp3) is 0.769. The van der Waals surface area contributed by atoms with Crippen LogP contribution in [0.15, 0.2) is 24.3 Å². The lowest BCUT2D eigenvalue weighted by atomic mass is 9.69. The van der Waals surface area contributed by atoms with E-state index in [1.165, 1.54) is 38.5 Å². The van der Waals surface area contributed by atoms with Crippen LogP contribution < -0.4 is 4.90 Å². The van der Waals surface area contributed by atoms with Crippen LogP contribution in [0.3, 0.4) is 0 Å². The Kier molecular flexibility index (Phi) is 6.99. The quantitative estimate of drug-likeness (QED) is 0.583. The molecule has 0 amide bonds. The molecule has 2 fully saturated rings. The smallest absolute Gasteiger partial charge is 0.138 e. The van der Waals surface area contributed by atoms with E-state index in [0.717, 1.165) is 17.5 Å². The molecule has 3 rings (SSSR count). The minimum Gasteiger partial charge on any atom is -0.506 e. The minimum absolute atomic E-state index is 0.462. The van der Waals surface area contributed by atoms with Gasteiger partial charge in [-0.2, -0.15) is 0 Å². The molecule has 2 saturated carbocycles. The molecule has 6 unspecified atom stereocenters. The highest BCUT2D eigenvalue weighted by atomic mass is 16.3. The monoisotopic (exact) mass is 385 g/mol. The first kappa shape index (κ1) is 21.5. The second-order valence-electron chi connectivity index (χ2n) is 10.7. The molecule has 1 aromatic carbocycles. The van der Waals surface area contributed by atoms with Crippen LogP contribution >= 0.6 is 0 Å². The van der Waals surface area contributed by atoms with E-state index in [1.807, 2.05) is 12.1 Å². The van der Waals surface area contributed by atoms with E-state index in [0.29, 0.717) is 41.5 Å². The Labute approximate surface area is 173 Å². The Bertz CT molecular complexity index is 593. The van der Waals surface area contributed by atoms with Gasteiger partial charge in [0.05, 0.1) is 5.69 Å². The van der Waals surface area contributed by atoms with E-state index in [2.05, 4.69) is 58.6 Å². The van der Waals surface area contributed by atoms with Crippen LogP contribution in [-0.4, -0.2) is 17.2 Å². The van der Waals surface area contributed by atoms with Gasteiger partial charge >= 0.3 is 0 Å². The summed E-state index contributed by atoms with van der Waals surface area (Å²) in [5, 5.41) is 10.9. The Balaban J connectivity index is 2.07. The molecule has 28 heavy (non-hydrogen) atoms. The lowest BCUT2D eigenvalue weighted by Gasteiger charge is -2.53. The molecule has 1 N–H and O–H groups in total. The average molecular weight is 386 g/mol. The summed E-state index contributed by atoms with van der Waals surface area (Å²) in [6, 6.07) is 9.19. The van der Waals surface area contributed by atoms with Crippen molar-refractivity contribution in [2.75, 3.05) is 4.90 Å². The van der Waals surface area contributed by atoms with Crippen LogP contribution in [0.1, 0.15) is 80.1 Å². The highest BCUT2D eigenvalue weighted by Crippen LogP contribution is 2.46. The predicted molar refractivity (Wildman–Crippen MR) is 121 cm³/mol. The van der Waals surface area contributed by atoms with Crippen molar-refractivity contribution in [2.45, 2.75) is 92.2 Å². The highest BCUT2D eigenvalue weighted by Gasteiger charge is 2.43. The molecule has 2 aliphatic rings. The van der Waals surface area contributed by atoms with Gasteiger partial charge < -0.3 is 10.0 Å². The molecule has 0 bridgehead atoms. The first-order chi connectivity index (χ1) is 13.3. The number of anilines is 1. The first-order valence-corrected chi connectivity index (χ1v) is 11.9. The van der Waals surface area contributed by atoms with Gasteiger partial charge in [0.25, 0.3) is 0 Å². The zero-order chi connectivity index (χ0) is 20.4. The van der Waals surface area contributed by atoms with Crippen LogP contribution in [-0.2, 0) is 0 Å². The topological polar surface area (TPSA) is 23.5 Å². The zero-order valence-electron chi connectivity index (χ0n) is 19.1. The van der Waals surface area contributed by atoms with Crippen molar-refractivity contribution in [3.63, 3.8) is 0 Å². The van der Waals surface area contributed by atoms with Gasteiger partial charge in [-0.15, -0.1) is 0 Å². The number of nitrogens with zero attached hydrogens (tertiary/aromatic N) is 1.